The lowest BCUT2D eigenvalue weighted by Gasteiger charge is -1.94. The van der Waals surface area contributed by atoms with Crippen molar-refractivity contribution in [3.05, 3.63) is 39.6 Å². The molecule has 0 saturated heterocycles. The lowest BCUT2D eigenvalue weighted by Crippen LogP contribution is -2.04. The van der Waals surface area contributed by atoms with E-state index in [1.807, 2.05) is 6.07 Å². The molecule has 0 radical (unpaired) electrons. The molecule has 0 aliphatic rings. The molecule has 2 aromatic heterocycles. The molecule has 0 aromatic carbocycles. The van der Waals surface area contributed by atoms with E-state index in [1.54, 1.807) is 6.07 Å². The predicted molar refractivity (Wildman–Crippen MR) is 58.7 cm³/mol. The normalized spacial score (nSPS) is 10.1. The van der Waals surface area contributed by atoms with Gasteiger partial charge >= 0.3 is 0 Å². The van der Waals surface area contributed by atoms with Gasteiger partial charge in [-0.1, -0.05) is 0 Å². The van der Waals surface area contributed by atoms with E-state index < -0.39 is 0 Å². The topological polar surface area (TPSA) is 62.8 Å². The second-order valence-electron chi connectivity index (χ2n) is 2.62. The van der Waals surface area contributed by atoms with Crippen LogP contribution in [0.2, 0.25) is 0 Å². The minimum absolute atomic E-state index is 0.181. The quantitative estimate of drug-likeness (QED) is 0.654. The summed E-state index contributed by atoms with van der Waals surface area (Å²) in [6.45, 7) is 0. The van der Waals surface area contributed by atoms with Gasteiger partial charge in [-0.15, -0.1) is 11.3 Å². The molecule has 15 heavy (non-hydrogen) atoms. The van der Waals surface area contributed by atoms with Crippen LogP contribution in [-0.4, -0.2) is 16.3 Å². The van der Waals surface area contributed by atoms with Gasteiger partial charge in [0, 0.05) is 12.3 Å². The highest BCUT2D eigenvalue weighted by Gasteiger charge is 2.02. The van der Waals surface area contributed by atoms with Gasteiger partial charge in [0.15, 0.2) is 11.4 Å². The third-order valence-corrected chi connectivity index (χ3v) is 3.61. The summed E-state index contributed by atoms with van der Waals surface area (Å²) in [5.74, 6) is 0. The fraction of sp³-hybridized carbons (Fsp3) is 0. The number of nitrogens with one attached hydrogen (secondary N) is 1. The van der Waals surface area contributed by atoms with Gasteiger partial charge in [0.1, 0.15) is 0 Å². The number of carbonyl (C=O) groups excluding carboxylic acids is 1. The fourth-order valence-corrected chi connectivity index (χ4v) is 2.79. The number of carbonyl (C=O) groups is 1. The molecule has 0 atom stereocenters. The van der Waals surface area contributed by atoms with Gasteiger partial charge in [0.05, 0.1) is 9.09 Å². The summed E-state index contributed by atoms with van der Waals surface area (Å²) in [6.07, 6.45) is 2.26. The number of H-pyrrole nitrogens is 1. The number of aromatic amines is 1. The van der Waals surface area contributed by atoms with Crippen LogP contribution in [0.4, 0.5) is 0 Å². The molecule has 2 rings (SSSR count). The summed E-state index contributed by atoms with van der Waals surface area (Å²) in [5.41, 5.74) is -0.181. The van der Waals surface area contributed by atoms with Gasteiger partial charge in [-0.3, -0.25) is 9.59 Å². The Morgan fingerprint density at radius 3 is 2.93 bits per heavy atom. The number of hydrogen-bond acceptors (Lipinski definition) is 5. The Bertz CT molecular complexity index is 533. The molecule has 0 aliphatic carbocycles. The highest BCUT2D eigenvalue weighted by atomic mass is 32.2. The standard InChI is InChI=1S/C9H6N2O2S2/c12-5-6-1-2-8(14-6)15-9-10-4-3-7(13)11-9/h1-5H,(H,10,11,13). The minimum Gasteiger partial charge on any atom is -0.301 e. The van der Waals surface area contributed by atoms with E-state index in [0.717, 1.165) is 10.5 Å². The van der Waals surface area contributed by atoms with E-state index in [4.69, 9.17) is 0 Å². The molecule has 1 N–H and O–H groups in total. The molecule has 2 aromatic rings. The lowest BCUT2D eigenvalue weighted by molar-refractivity contribution is 0.112. The smallest absolute Gasteiger partial charge is 0.251 e. The molecule has 2 heterocycles. The Morgan fingerprint density at radius 1 is 1.40 bits per heavy atom. The van der Waals surface area contributed by atoms with Crippen LogP contribution in [-0.2, 0) is 0 Å². The Hall–Kier alpha value is -1.40. The summed E-state index contributed by atoms with van der Waals surface area (Å²) in [6, 6.07) is 4.92. The number of aromatic nitrogens is 2. The van der Waals surface area contributed by atoms with Crippen molar-refractivity contribution >= 4 is 29.4 Å². The monoisotopic (exact) mass is 238 g/mol. The molecular weight excluding hydrogens is 232 g/mol. The van der Waals surface area contributed by atoms with Gasteiger partial charge in [-0.05, 0) is 23.9 Å². The minimum atomic E-state index is -0.181. The maximum atomic E-state index is 11.0. The van der Waals surface area contributed by atoms with Gasteiger partial charge in [0.2, 0.25) is 0 Å². The van der Waals surface area contributed by atoms with E-state index in [9.17, 15) is 9.59 Å². The Kier molecular flexibility index (Phi) is 2.98. The van der Waals surface area contributed by atoms with Crippen molar-refractivity contribution in [3.63, 3.8) is 0 Å². The second kappa shape index (κ2) is 4.41. The third kappa shape index (κ3) is 2.54. The number of hydrogen-bond donors (Lipinski definition) is 1. The summed E-state index contributed by atoms with van der Waals surface area (Å²) < 4.78 is 0.923. The Balaban J connectivity index is 2.21. The lowest BCUT2D eigenvalue weighted by atomic mass is 10.5. The first-order valence-electron chi connectivity index (χ1n) is 4.06. The van der Waals surface area contributed by atoms with Crippen molar-refractivity contribution in [1.29, 1.82) is 0 Å². The number of aldehydes is 1. The summed E-state index contributed by atoms with van der Waals surface area (Å²) in [4.78, 5) is 28.7. The molecule has 0 spiro atoms. The number of nitrogens with zero attached hydrogens (tertiary/aromatic N) is 1. The van der Waals surface area contributed by atoms with Crippen LogP contribution in [0.15, 0.2) is 38.6 Å². The van der Waals surface area contributed by atoms with Gasteiger partial charge < -0.3 is 4.98 Å². The maximum absolute atomic E-state index is 11.0. The second-order valence-corrected chi connectivity index (χ2v) is 5.02. The van der Waals surface area contributed by atoms with Crippen LogP contribution >= 0.6 is 23.1 Å². The highest BCUT2D eigenvalue weighted by molar-refractivity contribution is 8.01. The average Bonchev–Trinajstić information content (AvgIpc) is 2.65. The van der Waals surface area contributed by atoms with E-state index in [-0.39, 0.29) is 5.56 Å². The predicted octanol–water partition coefficient (Wildman–Crippen LogP) is 1.80. The molecule has 0 aliphatic heterocycles. The van der Waals surface area contributed by atoms with E-state index >= 15 is 0 Å². The van der Waals surface area contributed by atoms with Crippen molar-refractivity contribution in [2.24, 2.45) is 0 Å². The van der Waals surface area contributed by atoms with Crippen molar-refractivity contribution in [2.45, 2.75) is 9.37 Å². The van der Waals surface area contributed by atoms with Crippen LogP contribution in [0.1, 0.15) is 9.67 Å². The maximum Gasteiger partial charge on any atom is 0.251 e. The fourth-order valence-electron chi connectivity index (χ4n) is 0.952. The van der Waals surface area contributed by atoms with Gasteiger partial charge in [-0.25, -0.2) is 4.98 Å². The molecule has 0 bridgehead atoms. The Labute approximate surface area is 93.4 Å². The molecule has 0 saturated carbocycles. The molecule has 4 nitrogen and oxygen atoms in total. The Morgan fingerprint density at radius 2 is 2.27 bits per heavy atom. The van der Waals surface area contributed by atoms with Crippen molar-refractivity contribution in [2.75, 3.05) is 0 Å². The average molecular weight is 238 g/mol. The van der Waals surface area contributed by atoms with Crippen LogP contribution < -0.4 is 5.56 Å². The molecule has 0 amide bonds. The van der Waals surface area contributed by atoms with E-state index in [2.05, 4.69) is 9.97 Å². The molecular formula is C9H6N2O2S2. The molecule has 0 fully saturated rings. The summed E-state index contributed by atoms with van der Waals surface area (Å²) >= 11 is 2.70. The third-order valence-electron chi connectivity index (χ3n) is 1.56. The zero-order chi connectivity index (χ0) is 10.7. The zero-order valence-electron chi connectivity index (χ0n) is 7.47. The van der Waals surface area contributed by atoms with Crippen molar-refractivity contribution in [1.82, 2.24) is 9.97 Å². The first-order chi connectivity index (χ1) is 7.28. The van der Waals surface area contributed by atoms with E-state index in [0.29, 0.717) is 10.0 Å². The SMILES string of the molecule is O=Cc1ccc(Sc2nccc(=O)[nH]2)s1. The largest absolute Gasteiger partial charge is 0.301 e. The first-order valence-corrected chi connectivity index (χ1v) is 5.69. The van der Waals surface area contributed by atoms with Crippen LogP contribution in [0, 0.1) is 0 Å². The highest BCUT2D eigenvalue weighted by Crippen LogP contribution is 2.29. The summed E-state index contributed by atoms with van der Waals surface area (Å²) in [7, 11) is 0. The number of thiophene rings is 1. The molecule has 0 unspecified atom stereocenters. The molecule has 6 heteroatoms. The van der Waals surface area contributed by atoms with Crippen LogP contribution in [0.25, 0.3) is 0 Å². The van der Waals surface area contributed by atoms with Crippen molar-refractivity contribution in [3.8, 4) is 0 Å². The van der Waals surface area contributed by atoms with Crippen molar-refractivity contribution < 1.29 is 4.79 Å². The van der Waals surface area contributed by atoms with E-state index in [1.165, 1.54) is 35.4 Å². The van der Waals surface area contributed by atoms with Gasteiger partial charge in [0.25, 0.3) is 5.56 Å². The molecule has 76 valence electrons. The summed E-state index contributed by atoms with van der Waals surface area (Å²) in [5, 5.41) is 0.529. The van der Waals surface area contributed by atoms with Gasteiger partial charge in [-0.2, -0.15) is 0 Å². The van der Waals surface area contributed by atoms with Crippen LogP contribution in [0.5, 0.6) is 0 Å². The van der Waals surface area contributed by atoms with Crippen LogP contribution in [0.3, 0.4) is 0 Å². The zero-order valence-corrected chi connectivity index (χ0v) is 9.10. The first kappa shape index (κ1) is 10.1. The number of rotatable bonds is 3.